The standard InChI is InChI=1S/C12H25N3O2/c1-10(9-17-3)14-12(16)8-13-6-7-15(2)11-4-5-11/h10-11,13H,4-9H2,1-3H3,(H,14,16). The summed E-state index contributed by atoms with van der Waals surface area (Å²) < 4.78 is 4.95. The van der Waals surface area contributed by atoms with E-state index in [1.165, 1.54) is 12.8 Å². The van der Waals surface area contributed by atoms with Crippen LogP contribution in [0.1, 0.15) is 19.8 Å². The van der Waals surface area contributed by atoms with E-state index in [1.54, 1.807) is 7.11 Å². The van der Waals surface area contributed by atoms with E-state index < -0.39 is 0 Å². The van der Waals surface area contributed by atoms with Crippen LogP contribution < -0.4 is 10.6 Å². The summed E-state index contributed by atoms with van der Waals surface area (Å²) in [6.07, 6.45) is 2.65. The van der Waals surface area contributed by atoms with Gasteiger partial charge < -0.3 is 20.3 Å². The first-order valence-corrected chi connectivity index (χ1v) is 6.32. The molecule has 100 valence electrons. The number of carbonyl (C=O) groups is 1. The predicted molar refractivity (Wildman–Crippen MR) is 68.0 cm³/mol. The number of methoxy groups -OCH3 is 1. The molecular formula is C12H25N3O2. The van der Waals surface area contributed by atoms with Crippen molar-refractivity contribution in [1.82, 2.24) is 15.5 Å². The van der Waals surface area contributed by atoms with E-state index >= 15 is 0 Å². The number of carbonyl (C=O) groups excluding carboxylic acids is 1. The fourth-order valence-electron chi connectivity index (χ4n) is 1.77. The minimum Gasteiger partial charge on any atom is -0.383 e. The summed E-state index contributed by atoms with van der Waals surface area (Å²) in [6.45, 7) is 4.73. The molecule has 1 amide bonds. The van der Waals surface area contributed by atoms with Crippen molar-refractivity contribution in [2.75, 3.05) is 40.4 Å². The highest BCUT2D eigenvalue weighted by molar-refractivity contribution is 5.78. The van der Waals surface area contributed by atoms with E-state index in [-0.39, 0.29) is 11.9 Å². The molecule has 5 nitrogen and oxygen atoms in total. The smallest absolute Gasteiger partial charge is 0.234 e. The Kier molecular flexibility index (Phi) is 6.47. The van der Waals surface area contributed by atoms with Crippen LogP contribution in [0, 0.1) is 0 Å². The molecule has 1 rings (SSSR count). The third kappa shape index (κ3) is 6.61. The fraction of sp³-hybridized carbons (Fsp3) is 0.917. The maximum Gasteiger partial charge on any atom is 0.234 e. The first kappa shape index (κ1) is 14.4. The van der Waals surface area contributed by atoms with Crippen LogP contribution in [0.2, 0.25) is 0 Å². The van der Waals surface area contributed by atoms with Crippen molar-refractivity contribution in [2.24, 2.45) is 0 Å². The van der Waals surface area contributed by atoms with Crippen LogP contribution in [0.4, 0.5) is 0 Å². The Morgan fingerprint density at radius 2 is 2.24 bits per heavy atom. The molecule has 0 bridgehead atoms. The zero-order chi connectivity index (χ0) is 12.7. The zero-order valence-corrected chi connectivity index (χ0v) is 11.2. The maximum absolute atomic E-state index is 11.5. The number of amides is 1. The molecule has 0 saturated heterocycles. The van der Waals surface area contributed by atoms with Gasteiger partial charge in [0.2, 0.25) is 5.91 Å². The molecule has 1 aliphatic rings. The van der Waals surface area contributed by atoms with Gasteiger partial charge in [-0.05, 0) is 26.8 Å². The molecule has 0 spiro atoms. The number of hydrogen-bond donors (Lipinski definition) is 2. The van der Waals surface area contributed by atoms with Crippen LogP contribution in [-0.4, -0.2) is 63.3 Å². The number of nitrogens with zero attached hydrogens (tertiary/aromatic N) is 1. The molecule has 1 saturated carbocycles. The van der Waals surface area contributed by atoms with Crippen molar-refractivity contribution in [1.29, 1.82) is 0 Å². The molecule has 2 N–H and O–H groups in total. The molecule has 5 heteroatoms. The van der Waals surface area contributed by atoms with Gasteiger partial charge in [0.05, 0.1) is 13.2 Å². The topological polar surface area (TPSA) is 53.6 Å². The first-order valence-electron chi connectivity index (χ1n) is 6.32. The largest absolute Gasteiger partial charge is 0.383 e. The molecular weight excluding hydrogens is 218 g/mol. The van der Waals surface area contributed by atoms with Crippen molar-refractivity contribution < 1.29 is 9.53 Å². The van der Waals surface area contributed by atoms with Crippen LogP contribution in [0.25, 0.3) is 0 Å². The Bertz CT molecular complexity index is 232. The third-order valence-electron chi connectivity index (χ3n) is 2.92. The predicted octanol–water partition coefficient (Wildman–Crippen LogP) is -0.179. The summed E-state index contributed by atoms with van der Waals surface area (Å²) in [4.78, 5) is 13.8. The van der Waals surface area contributed by atoms with Gasteiger partial charge in [0.15, 0.2) is 0 Å². The molecule has 0 radical (unpaired) electrons. The second-order valence-electron chi connectivity index (χ2n) is 4.81. The molecule has 0 heterocycles. The van der Waals surface area contributed by atoms with Gasteiger partial charge in [-0.3, -0.25) is 4.79 Å². The minimum atomic E-state index is 0.0311. The summed E-state index contributed by atoms with van der Waals surface area (Å²) in [6, 6.07) is 0.857. The highest BCUT2D eigenvalue weighted by Crippen LogP contribution is 2.24. The normalized spacial score (nSPS) is 17.2. The van der Waals surface area contributed by atoms with E-state index in [4.69, 9.17) is 4.74 Å². The lowest BCUT2D eigenvalue weighted by atomic mass is 10.3. The molecule has 1 aliphatic carbocycles. The van der Waals surface area contributed by atoms with Crippen LogP contribution in [0.5, 0.6) is 0 Å². The molecule has 0 aromatic carbocycles. The minimum absolute atomic E-state index is 0.0311. The molecule has 1 atom stereocenters. The van der Waals surface area contributed by atoms with E-state index in [2.05, 4.69) is 22.6 Å². The summed E-state index contributed by atoms with van der Waals surface area (Å²) in [7, 11) is 3.77. The van der Waals surface area contributed by atoms with Gasteiger partial charge in [-0.15, -0.1) is 0 Å². The SMILES string of the molecule is COCC(C)NC(=O)CNCCN(C)C1CC1. The lowest BCUT2D eigenvalue weighted by Gasteiger charge is -2.16. The number of rotatable bonds is 9. The van der Waals surface area contributed by atoms with Crippen molar-refractivity contribution in [3.8, 4) is 0 Å². The first-order chi connectivity index (χ1) is 8.13. The van der Waals surface area contributed by atoms with Crippen molar-refractivity contribution in [3.05, 3.63) is 0 Å². The Balaban J connectivity index is 1.95. The van der Waals surface area contributed by atoms with E-state index in [9.17, 15) is 4.79 Å². The molecule has 17 heavy (non-hydrogen) atoms. The van der Waals surface area contributed by atoms with Gasteiger partial charge in [-0.1, -0.05) is 0 Å². The van der Waals surface area contributed by atoms with Gasteiger partial charge in [-0.25, -0.2) is 0 Å². The Labute approximate surface area is 104 Å². The molecule has 1 unspecified atom stereocenters. The summed E-state index contributed by atoms with van der Waals surface area (Å²) in [5.74, 6) is 0.0311. The highest BCUT2D eigenvalue weighted by Gasteiger charge is 2.25. The van der Waals surface area contributed by atoms with Crippen molar-refractivity contribution >= 4 is 5.91 Å². The average molecular weight is 243 g/mol. The molecule has 0 aromatic rings. The van der Waals surface area contributed by atoms with Crippen LogP contribution in [-0.2, 0) is 9.53 Å². The third-order valence-corrected chi connectivity index (χ3v) is 2.92. The lowest BCUT2D eigenvalue weighted by Crippen LogP contribution is -2.42. The molecule has 0 aliphatic heterocycles. The number of hydrogen-bond acceptors (Lipinski definition) is 4. The summed E-state index contributed by atoms with van der Waals surface area (Å²) in [5, 5.41) is 6.02. The van der Waals surface area contributed by atoms with Gasteiger partial charge in [0.1, 0.15) is 0 Å². The Hall–Kier alpha value is -0.650. The van der Waals surface area contributed by atoms with E-state index in [1.807, 2.05) is 6.92 Å². The van der Waals surface area contributed by atoms with Crippen LogP contribution in [0.15, 0.2) is 0 Å². The maximum atomic E-state index is 11.5. The van der Waals surface area contributed by atoms with Gasteiger partial charge in [0, 0.05) is 32.3 Å². The second kappa shape index (κ2) is 7.63. The highest BCUT2D eigenvalue weighted by atomic mass is 16.5. The fourth-order valence-corrected chi connectivity index (χ4v) is 1.77. The van der Waals surface area contributed by atoms with Crippen molar-refractivity contribution in [2.45, 2.75) is 31.8 Å². The summed E-state index contributed by atoms with van der Waals surface area (Å²) >= 11 is 0. The molecule has 0 aromatic heterocycles. The van der Waals surface area contributed by atoms with Gasteiger partial charge in [0.25, 0.3) is 0 Å². The number of ether oxygens (including phenoxy) is 1. The van der Waals surface area contributed by atoms with Crippen LogP contribution >= 0.6 is 0 Å². The van der Waals surface area contributed by atoms with Gasteiger partial charge >= 0.3 is 0 Å². The number of nitrogens with one attached hydrogen (secondary N) is 2. The lowest BCUT2D eigenvalue weighted by molar-refractivity contribution is -0.121. The Morgan fingerprint density at radius 3 is 2.82 bits per heavy atom. The zero-order valence-electron chi connectivity index (χ0n) is 11.2. The van der Waals surface area contributed by atoms with E-state index in [0.29, 0.717) is 13.2 Å². The van der Waals surface area contributed by atoms with Crippen LogP contribution in [0.3, 0.4) is 0 Å². The second-order valence-corrected chi connectivity index (χ2v) is 4.81. The quantitative estimate of drug-likeness (QED) is 0.552. The monoisotopic (exact) mass is 243 g/mol. The van der Waals surface area contributed by atoms with Crippen molar-refractivity contribution in [3.63, 3.8) is 0 Å². The summed E-state index contributed by atoms with van der Waals surface area (Å²) in [5.41, 5.74) is 0. The van der Waals surface area contributed by atoms with Gasteiger partial charge in [-0.2, -0.15) is 0 Å². The number of likely N-dealkylation sites (N-methyl/N-ethyl adjacent to an activating group) is 1. The van der Waals surface area contributed by atoms with E-state index in [0.717, 1.165) is 19.1 Å². The molecule has 1 fully saturated rings. The average Bonchev–Trinajstić information content (AvgIpc) is 3.08. The Morgan fingerprint density at radius 1 is 1.53 bits per heavy atom.